The number of carbonyl (C=O) groups excluding carboxylic acids is 2. The zero-order valence-electron chi connectivity index (χ0n) is 18.6. The first-order valence-corrected chi connectivity index (χ1v) is 11.3. The van der Waals surface area contributed by atoms with Gasteiger partial charge in [-0.25, -0.2) is 9.97 Å². The Morgan fingerprint density at radius 1 is 1.20 bits per heavy atom. The molecule has 3 fully saturated rings. The number of hydrogen-bond acceptors (Lipinski definition) is 5. The third-order valence-electron chi connectivity index (χ3n) is 6.76. The highest BCUT2D eigenvalue weighted by Crippen LogP contribution is 2.44. The lowest BCUT2D eigenvalue weighted by Gasteiger charge is -2.33. The first-order valence-electron chi connectivity index (χ1n) is 11.3. The summed E-state index contributed by atoms with van der Waals surface area (Å²) in [4.78, 5) is 39.5. The Kier molecular flexibility index (Phi) is 5.73. The molecule has 0 bridgehead atoms. The number of carbonyl (C=O) groups is 2. The predicted molar refractivity (Wildman–Crippen MR) is 116 cm³/mol. The van der Waals surface area contributed by atoms with Gasteiger partial charge in [0.25, 0.3) is 0 Å². The maximum absolute atomic E-state index is 13.5. The van der Waals surface area contributed by atoms with Crippen LogP contribution in [0.25, 0.3) is 0 Å². The lowest BCUT2D eigenvalue weighted by molar-refractivity contribution is -0.136. The second-order valence-electron chi connectivity index (χ2n) is 10.6. The number of nitrogens with one attached hydrogen (secondary N) is 1. The van der Waals surface area contributed by atoms with Crippen LogP contribution in [0.2, 0.25) is 0 Å². The number of amides is 2. The number of aromatic nitrogens is 2. The summed E-state index contributed by atoms with van der Waals surface area (Å²) in [5.41, 5.74) is -0.521. The Morgan fingerprint density at radius 3 is 2.60 bits per heavy atom. The summed E-state index contributed by atoms with van der Waals surface area (Å²) in [6, 6.07) is 1.81. The molecule has 2 amide bonds. The number of hydrogen-bond donors (Lipinski definition) is 1. The zero-order valence-corrected chi connectivity index (χ0v) is 18.6. The maximum atomic E-state index is 13.5. The SMILES string of the molecule is CC(C)(C)CC(=O)N1CCC[C@@]2(C(=O)NCC3CC3)CN(c3ncccn3)C[C@H]2C1. The molecule has 3 heterocycles. The predicted octanol–water partition coefficient (Wildman–Crippen LogP) is 2.48. The van der Waals surface area contributed by atoms with Crippen LogP contribution in [0.5, 0.6) is 0 Å². The number of fused-ring (bicyclic) bond motifs is 1. The third kappa shape index (κ3) is 4.60. The summed E-state index contributed by atoms with van der Waals surface area (Å²) in [6.45, 7) is 9.79. The van der Waals surface area contributed by atoms with Crippen molar-refractivity contribution in [3.8, 4) is 0 Å². The molecule has 4 rings (SSSR count). The van der Waals surface area contributed by atoms with Crippen molar-refractivity contribution >= 4 is 17.8 Å². The summed E-state index contributed by atoms with van der Waals surface area (Å²) in [6.07, 6.45) is 8.12. The molecule has 1 saturated carbocycles. The fraction of sp³-hybridized carbons (Fsp3) is 0.739. The van der Waals surface area contributed by atoms with Gasteiger partial charge in [-0.3, -0.25) is 9.59 Å². The molecule has 1 aromatic heterocycles. The second-order valence-corrected chi connectivity index (χ2v) is 10.6. The zero-order chi connectivity index (χ0) is 21.4. The van der Waals surface area contributed by atoms with Gasteiger partial charge in [0, 0.05) is 57.5 Å². The van der Waals surface area contributed by atoms with Crippen molar-refractivity contribution in [1.29, 1.82) is 0 Å². The quantitative estimate of drug-likeness (QED) is 0.802. The Balaban J connectivity index is 1.55. The first-order chi connectivity index (χ1) is 14.3. The van der Waals surface area contributed by atoms with Gasteiger partial charge in [0.1, 0.15) is 0 Å². The van der Waals surface area contributed by atoms with Crippen LogP contribution in [0, 0.1) is 22.7 Å². The van der Waals surface area contributed by atoms with Gasteiger partial charge in [-0.1, -0.05) is 20.8 Å². The van der Waals surface area contributed by atoms with Gasteiger partial charge in [-0.15, -0.1) is 0 Å². The Hall–Kier alpha value is -2.18. The summed E-state index contributed by atoms with van der Waals surface area (Å²) >= 11 is 0. The molecular formula is C23H35N5O2. The summed E-state index contributed by atoms with van der Waals surface area (Å²) in [5, 5.41) is 3.25. The van der Waals surface area contributed by atoms with Crippen LogP contribution in [0.4, 0.5) is 5.95 Å². The lowest BCUT2D eigenvalue weighted by Crippen LogP contribution is -2.48. The minimum absolute atomic E-state index is 0.0400. The summed E-state index contributed by atoms with van der Waals surface area (Å²) < 4.78 is 0. The van der Waals surface area contributed by atoms with E-state index in [0.29, 0.717) is 37.9 Å². The maximum Gasteiger partial charge on any atom is 0.228 e. The van der Waals surface area contributed by atoms with Crippen LogP contribution in [0.3, 0.4) is 0 Å². The topological polar surface area (TPSA) is 78.4 Å². The van der Waals surface area contributed by atoms with Crippen molar-refractivity contribution in [3.63, 3.8) is 0 Å². The van der Waals surface area contributed by atoms with Gasteiger partial charge in [0.05, 0.1) is 5.41 Å². The van der Waals surface area contributed by atoms with Crippen molar-refractivity contribution in [3.05, 3.63) is 18.5 Å². The fourth-order valence-electron chi connectivity index (χ4n) is 4.94. The van der Waals surface area contributed by atoms with Crippen molar-refractivity contribution < 1.29 is 9.59 Å². The Bertz CT molecular complexity index is 774. The minimum atomic E-state index is -0.481. The van der Waals surface area contributed by atoms with Gasteiger partial charge in [0.15, 0.2) is 0 Å². The summed E-state index contributed by atoms with van der Waals surface area (Å²) in [7, 11) is 0. The molecule has 0 radical (unpaired) electrons. The van der Waals surface area contributed by atoms with E-state index < -0.39 is 5.41 Å². The average molecular weight is 414 g/mol. The molecule has 7 heteroatoms. The van der Waals surface area contributed by atoms with Gasteiger partial charge >= 0.3 is 0 Å². The van der Waals surface area contributed by atoms with Gasteiger partial charge < -0.3 is 15.1 Å². The van der Waals surface area contributed by atoms with Crippen LogP contribution < -0.4 is 10.2 Å². The van der Waals surface area contributed by atoms with Gasteiger partial charge in [-0.05, 0) is 43.1 Å². The van der Waals surface area contributed by atoms with Gasteiger partial charge in [0.2, 0.25) is 17.8 Å². The van der Waals surface area contributed by atoms with Crippen molar-refractivity contribution in [2.45, 2.75) is 52.9 Å². The highest BCUT2D eigenvalue weighted by molar-refractivity contribution is 5.85. The second kappa shape index (κ2) is 8.16. The molecule has 1 aromatic rings. The molecule has 7 nitrogen and oxygen atoms in total. The van der Waals surface area contributed by atoms with Crippen LogP contribution in [-0.2, 0) is 9.59 Å². The number of rotatable bonds is 5. The third-order valence-corrected chi connectivity index (χ3v) is 6.76. The normalized spacial score (nSPS) is 26.8. The average Bonchev–Trinajstić information content (AvgIpc) is 3.48. The van der Waals surface area contributed by atoms with E-state index >= 15 is 0 Å². The molecule has 30 heavy (non-hydrogen) atoms. The standard InChI is InChI=1S/C23H35N5O2/c1-22(2,3)12-19(29)27-11-4-8-23(20(30)26-13-17-6-7-17)16-28(15-18(23)14-27)21-24-9-5-10-25-21/h5,9-10,17-18H,4,6-8,11-16H2,1-3H3,(H,26,30)/t18-,23-/m1/s1. The molecule has 1 aliphatic carbocycles. The smallest absolute Gasteiger partial charge is 0.228 e. The molecule has 0 unspecified atom stereocenters. The Labute approximate surface area is 179 Å². The fourth-order valence-corrected chi connectivity index (χ4v) is 4.94. The molecular weight excluding hydrogens is 378 g/mol. The number of anilines is 1. The molecule has 3 aliphatic rings. The molecule has 0 spiro atoms. The van der Waals surface area contributed by atoms with E-state index in [1.54, 1.807) is 12.4 Å². The van der Waals surface area contributed by atoms with E-state index in [1.165, 1.54) is 12.8 Å². The van der Waals surface area contributed by atoms with Crippen molar-refractivity contribution in [2.24, 2.45) is 22.7 Å². The molecule has 2 saturated heterocycles. The lowest BCUT2D eigenvalue weighted by atomic mass is 9.74. The molecule has 164 valence electrons. The van der Waals surface area contributed by atoms with Crippen LogP contribution in [0.15, 0.2) is 18.5 Å². The molecule has 0 aromatic carbocycles. The van der Waals surface area contributed by atoms with E-state index in [9.17, 15) is 9.59 Å². The van der Waals surface area contributed by atoms with Crippen molar-refractivity contribution in [1.82, 2.24) is 20.2 Å². The van der Waals surface area contributed by atoms with Crippen molar-refractivity contribution in [2.75, 3.05) is 37.6 Å². The largest absolute Gasteiger partial charge is 0.355 e. The van der Waals surface area contributed by atoms with Crippen LogP contribution in [-0.4, -0.2) is 59.4 Å². The molecule has 1 N–H and O–H groups in total. The number of nitrogens with zero attached hydrogens (tertiary/aromatic N) is 4. The van der Waals surface area contributed by atoms with E-state index in [-0.39, 0.29) is 23.1 Å². The highest BCUT2D eigenvalue weighted by atomic mass is 16.2. The van der Waals surface area contributed by atoms with E-state index in [1.807, 2.05) is 11.0 Å². The van der Waals surface area contributed by atoms with E-state index in [4.69, 9.17) is 0 Å². The van der Waals surface area contributed by atoms with Crippen LogP contribution >= 0.6 is 0 Å². The van der Waals surface area contributed by atoms with E-state index in [0.717, 1.165) is 25.9 Å². The molecule has 2 aliphatic heterocycles. The monoisotopic (exact) mass is 413 g/mol. The Morgan fingerprint density at radius 2 is 1.93 bits per heavy atom. The van der Waals surface area contributed by atoms with Gasteiger partial charge in [-0.2, -0.15) is 0 Å². The molecule has 2 atom stereocenters. The highest BCUT2D eigenvalue weighted by Gasteiger charge is 2.54. The summed E-state index contributed by atoms with van der Waals surface area (Å²) in [5.74, 6) is 1.77. The number of likely N-dealkylation sites (tertiary alicyclic amines) is 1. The van der Waals surface area contributed by atoms with E-state index in [2.05, 4.69) is 41.0 Å². The minimum Gasteiger partial charge on any atom is -0.355 e. The van der Waals surface area contributed by atoms with Crippen LogP contribution in [0.1, 0.15) is 52.9 Å². The first kappa shape index (κ1) is 21.1.